The van der Waals surface area contributed by atoms with Crippen LogP contribution in [-0.4, -0.2) is 39.6 Å². The van der Waals surface area contributed by atoms with Gasteiger partial charge < -0.3 is 10.0 Å². The second-order valence-corrected chi connectivity index (χ2v) is 8.41. The number of benzene rings is 3. The first-order valence-electron chi connectivity index (χ1n) is 8.78. The lowest BCUT2D eigenvalue weighted by Gasteiger charge is -2.18. The first-order valence-corrected chi connectivity index (χ1v) is 10.3. The number of aliphatic carboxylic acids is 1. The fraction of sp³-hybridized carbons (Fsp3) is 0.190. The molecule has 0 spiro atoms. The lowest BCUT2D eigenvalue weighted by atomic mass is 10.1. The maximum absolute atomic E-state index is 13.0. The molecular formula is C21H22N2O4S. The van der Waals surface area contributed by atoms with Crippen LogP contribution in [0.2, 0.25) is 0 Å². The normalized spacial score (nSPS) is 12.6. The Balaban J connectivity index is 2.00. The van der Waals surface area contributed by atoms with Crippen molar-refractivity contribution < 1.29 is 18.3 Å². The van der Waals surface area contributed by atoms with Crippen molar-refractivity contribution in [3.63, 3.8) is 0 Å². The number of hydrogen-bond acceptors (Lipinski definition) is 4. The molecule has 2 N–H and O–H groups in total. The molecule has 0 aliphatic carbocycles. The summed E-state index contributed by atoms with van der Waals surface area (Å²) in [6.07, 6.45) is 0.0586. The molecule has 28 heavy (non-hydrogen) atoms. The third-order valence-corrected chi connectivity index (χ3v) is 6.04. The summed E-state index contributed by atoms with van der Waals surface area (Å²) in [5.41, 5.74) is 1.62. The number of rotatable bonds is 7. The van der Waals surface area contributed by atoms with Crippen LogP contribution in [0.4, 0.5) is 5.69 Å². The molecule has 0 aliphatic heterocycles. The van der Waals surface area contributed by atoms with Gasteiger partial charge in [-0.15, -0.1) is 0 Å². The first kappa shape index (κ1) is 19.9. The molecule has 0 saturated carbocycles. The molecule has 0 radical (unpaired) electrons. The quantitative estimate of drug-likeness (QED) is 0.639. The highest BCUT2D eigenvalue weighted by Crippen LogP contribution is 2.30. The molecule has 0 unspecified atom stereocenters. The van der Waals surface area contributed by atoms with E-state index in [0.29, 0.717) is 5.39 Å². The van der Waals surface area contributed by atoms with Crippen LogP contribution in [0, 0.1) is 0 Å². The van der Waals surface area contributed by atoms with Gasteiger partial charge in [-0.3, -0.25) is 4.79 Å². The lowest BCUT2D eigenvalue weighted by molar-refractivity contribution is -0.138. The van der Waals surface area contributed by atoms with Crippen LogP contribution in [0.25, 0.3) is 10.8 Å². The fourth-order valence-corrected chi connectivity index (χ4v) is 4.58. The summed E-state index contributed by atoms with van der Waals surface area (Å²) in [4.78, 5) is 13.7. The Hall–Kier alpha value is -2.90. The minimum Gasteiger partial charge on any atom is -0.480 e. The van der Waals surface area contributed by atoms with Gasteiger partial charge in [0.2, 0.25) is 10.0 Å². The van der Waals surface area contributed by atoms with Crippen molar-refractivity contribution in [3.05, 3.63) is 72.3 Å². The van der Waals surface area contributed by atoms with Gasteiger partial charge in [0.15, 0.2) is 0 Å². The molecule has 0 fully saturated rings. The maximum atomic E-state index is 13.0. The molecule has 0 bridgehead atoms. The summed E-state index contributed by atoms with van der Waals surface area (Å²) in [7, 11) is -0.276. The van der Waals surface area contributed by atoms with Crippen molar-refractivity contribution in [2.45, 2.75) is 17.4 Å². The molecule has 3 aromatic carbocycles. The maximum Gasteiger partial charge on any atom is 0.322 e. The van der Waals surface area contributed by atoms with E-state index in [2.05, 4.69) is 4.72 Å². The Morgan fingerprint density at radius 2 is 1.61 bits per heavy atom. The Morgan fingerprint density at radius 3 is 2.25 bits per heavy atom. The fourth-order valence-electron chi connectivity index (χ4n) is 3.17. The van der Waals surface area contributed by atoms with Crippen molar-refractivity contribution in [1.82, 2.24) is 4.72 Å². The molecule has 0 amide bonds. The summed E-state index contributed by atoms with van der Waals surface area (Å²) >= 11 is 0. The Morgan fingerprint density at radius 1 is 0.964 bits per heavy atom. The van der Waals surface area contributed by atoms with Crippen LogP contribution < -0.4 is 9.62 Å². The van der Waals surface area contributed by atoms with Gasteiger partial charge in [-0.05, 0) is 24.1 Å². The van der Waals surface area contributed by atoms with Crippen molar-refractivity contribution in [1.29, 1.82) is 0 Å². The van der Waals surface area contributed by atoms with Gasteiger partial charge >= 0.3 is 5.97 Å². The summed E-state index contributed by atoms with van der Waals surface area (Å²) in [5.74, 6) is -1.22. The van der Waals surface area contributed by atoms with Crippen LogP contribution >= 0.6 is 0 Å². The van der Waals surface area contributed by atoms with Crippen molar-refractivity contribution >= 4 is 32.5 Å². The van der Waals surface area contributed by atoms with Gasteiger partial charge in [0, 0.05) is 30.6 Å². The number of carboxylic acid groups (broad SMARTS) is 1. The standard InChI is InChI=1S/C21H22N2O4S/c1-23(2)19-12-6-11-17-16(19)10-7-13-20(17)28(26,27)22-18(21(24)25)14-15-8-4-3-5-9-15/h3-13,18,22H,14H2,1-2H3,(H,24,25)/t18-/m1/s1. The monoisotopic (exact) mass is 398 g/mol. The van der Waals surface area contributed by atoms with E-state index in [0.717, 1.165) is 16.6 Å². The molecule has 0 saturated heterocycles. The predicted octanol–water partition coefficient (Wildman–Crippen LogP) is 2.88. The third kappa shape index (κ3) is 4.16. The van der Waals surface area contributed by atoms with E-state index in [4.69, 9.17) is 0 Å². The topological polar surface area (TPSA) is 86.7 Å². The Labute approximate surface area is 164 Å². The Bertz CT molecular complexity index is 1100. The van der Waals surface area contributed by atoms with E-state index in [9.17, 15) is 18.3 Å². The highest BCUT2D eigenvalue weighted by atomic mass is 32.2. The van der Waals surface area contributed by atoms with Gasteiger partial charge in [-0.2, -0.15) is 4.72 Å². The molecule has 146 valence electrons. The molecule has 3 aromatic rings. The third-order valence-electron chi connectivity index (χ3n) is 4.51. The van der Waals surface area contributed by atoms with E-state index in [1.54, 1.807) is 42.5 Å². The van der Waals surface area contributed by atoms with Crippen molar-refractivity contribution in [2.75, 3.05) is 19.0 Å². The van der Waals surface area contributed by atoms with Crippen LogP contribution in [-0.2, 0) is 21.2 Å². The minimum absolute atomic E-state index is 0.0586. The number of nitrogens with one attached hydrogen (secondary N) is 1. The van der Waals surface area contributed by atoms with E-state index >= 15 is 0 Å². The number of carboxylic acids is 1. The second-order valence-electron chi connectivity index (χ2n) is 6.72. The molecular weight excluding hydrogens is 376 g/mol. The van der Waals surface area contributed by atoms with Gasteiger partial charge in [-0.25, -0.2) is 8.42 Å². The molecule has 3 rings (SSSR count). The average Bonchev–Trinajstić information content (AvgIpc) is 2.67. The Kier molecular flexibility index (Phi) is 5.67. The summed E-state index contributed by atoms with van der Waals surface area (Å²) in [5, 5.41) is 10.9. The molecule has 7 heteroatoms. The first-order chi connectivity index (χ1) is 13.3. The summed E-state index contributed by atoms with van der Waals surface area (Å²) < 4.78 is 28.4. The second kappa shape index (κ2) is 8.00. The SMILES string of the molecule is CN(C)c1cccc2c(S(=O)(=O)N[C@H](Cc3ccccc3)C(=O)O)cccc12. The molecule has 6 nitrogen and oxygen atoms in total. The number of anilines is 1. The molecule has 1 atom stereocenters. The van der Waals surface area contributed by atoms with Crippen LogP contribution in [0.15, 0.2) is 71.6 Å². The predicted molar refractivity (Wildman–Crippen MR) is 110 cm³/mol. The van der Waals surface area contributed by atoms with Gasteiger partial charge in [0.25, 0.3) is 0 Å². The zero-order valence-corrected chi connectivity index (χ0v) is 16.5. The highest BCUT2D eigenvalue weighted by Gasteiger charge is 2.27. The van der Waals surface area contributed by atoms with Crippen molar-refractivity contribution in [2.24, 2.45) is 0 Å². The summed E-state index contributed by atoms with van der Waals surface area (Å²) in [6, 6.07) is 18.1. The largest absolute Gasteiger partial charge is 0.480 e. The van der Waals surface area contributed by atoms with E-state index in [1.807, 2.05) is 37.2 Å². The van der Waals surface area contributed by atoms with Gasteiger partial charge in [0.1, 0.15) is 6.04 Å². The lowest BCUT2D eigenvalue weighted by Crippen LogP contribution is -2.42. The zero-order chi connectivity index (χ0) is 20.3. The van der Waals surface area contributed by atoms with Gasteiger partial charge in [0.05, 0.1) is 4.90 Å². The molecule has 0 aliphatic rings. The molecule has 0 aromatic heterocycles. The number of fused-ring (bicyclic) bond motifs is 1. The smallest absolute Gasteiger partial charge is 0.322 e. The van der Waals surface area contributed by atoms with E-state index < -0.39 is 22.0 Å². The number of carbonyl (C=O) groups is 1. The summed E-state index contributed by atoms with van der Waals surface area (Å²) in [6.45, 7) is 0. The minimum atomic E-state index is -4.04. The number of hydrogen-bond donors (Lipinski definition) is 2. The van der Waals surface area contributed by atoms with E-state index in [-0.39, 0.29) is 11.3 Å². The number of sulfonamides is 1. The van der Waals surface area contributed by atoms with E-state index in [1.165, 1.54) is 6.07 Å². The highest BCUT2D eigenvalue weighted by molar-refractivity contribution is 7.89. The average molecular weight is 398 g/mol. The van der Waals surface area contributed by atoms with Crippen molar-refractivity contribution in [3.8, 4) is 0 Å². The number of nitrogens with zero attached hydrogens (tertiary/aromatic N) is 1. The van der Waals surface area contributed by atoms with Gasteiger partial charge in [-0.1, -0.05) is 54.6 Å². The molecule has 0 heterocycles. The van der Waals surface area contributed by atoms with Crippen LogP contribution in [0.1, 0.15) is 5.56 Å². The zero-order valence-electron chi connectivity index (χ0n) is 15.7. The van der Waals surface area contributed by atoms with Crippen LogP contribution in [0.5, 0.6) is 0 Å². The van der Waals surface area contributed by atoms with Crippen LogP contribution in [0.3, 0.4) is 0 Å².